The molecule has 4 nitrogen and oxygen atoms in total. The Bertz CT molecular complexity index is 2860. The van der Waals surface area contributed by atoms with Gasteiger partial charge < -0.3 is 15.2 Å². The molecule has 1 aromatic heterocycles. The van der Waals surface area contributed by atoms with Crippen molar-refractivity contribution in [3.8, 4) is 39.1 Å². The molecule has 3 aliphatic heterocycles. The maximum absolute atomic E-state index is 3.88. The lowest BCUT2D eigenvalue weighted by atomic mass is 9.93. The number of para-hydroxylation sites is 2. The van der Waals surface area contributed by atoms with Crippen molar-refractivity contribution in [1.29, 1.82) is 0 Å². The Labute approximate surface area is 320 Å². The van der Waals surface area contributed by atoms with Crippen molar-refractivity contribution in [1.82, 2.24) is 20.5 Å². The summed E-state index contributed by atoms with van der Waals surface area (Å²) in [6.45, 7) is 0.876. The van der Waals surface area contributed by atoms with E-state index < -0.39 is 0 Å². The van der Waals surface area contributed by atoms with Crippen molar-refractivity contribution in [2.24, 2.45) is 0 Å². The lowest BCUT2D eigenvalue weighted by Crippen LogP contribution is -2.39. The van der Waals surface area contributed by atoms with Crippen LogP contribution in [0.4, 0.5) is 0 Å². The van der Waals surface area contributed by atoms with Crippen LogP contribution in [0.3, 0.4) is 0 Å². The number of fused-ring (bicyclic) bond motifs is 8. The molecule has 3 N–H and O–H groups in total. The second kappa shape index (κ2) is 12.9. The number of nitrogens with zero attached hydrogens (tertiary/aromatic N) is 1. The molecule has 4 heteroatoms. The van der Waals surface area contributed by atoms with Gasteiger partial charge in [0.1, 0.15) is 6.17 Å². The third-order valence-corrected chi connectivity index (χ3v) is 11.5. The third-order valence-electron chi connectivity index (χ3n) is 11.5. The van der Waals surface area contributed by atoms with E-state index in [-0.39, 0.29) is 12.2 Å². The number of nitrogens with one attached hydrogen (secondary N) is 3. The van der Waals surface area contributed by atoms with Gasteiger partial charge in [-0.2, -0.15) is 0 Å². The lowest BCUT2D eigenvalue weighted by Gasteiger charge is -2.33. The third kappa shape index (κ3) is 5.33. The molecule has 3 aliphatic rings. The Hall–Kier alpha value is -6.88. The Morgan fingerprint density at radius 1 is 0.527 bits per heavy atom. The molecule has 2 unspecified atom stereocenters. The van der Waals surface area contributed by atoms with Crippen LogP contribution in [0.2, 0.25) is 0 Å². The van der Waals surface area contributed by atoms with Crippen LogP contribution in [-0.2, 0) is 0 Å². The molecule has 8 aromatic rings. The van der Waals surface area contributed by atoms with Crippen LogP contribution in [0.15, 0.2) is 188 Å². The van der Waals surface area contributed by atoms with Crippen LogP contribution < -0.4 is 16.0 Å². The quantitative estimate of drug-likeness (QED) is 0.167. The number of benzene rings is 7. The Balaban J connectivity index is 0.964. The summed E-state index contributed by atoms with van der Waals surface area (Å²) in [7, 11) is 0. The molecule has 0 spiro atoms. The SMILES string of the molecule is C1=CC(c2ccc(C3=CC(c4ccc(-c5ccc6c(c5)c5cccc7c5n6-c5ccccc5-c5ccccc5-7)cc4)NC(c4ccccc4)N3)cc2)=CNC1. The van der Waals surface area contributed by atoms with Crippen molar-refractivity contribution >= 4 is 33.1 Å². The molecule has 0 bridgehead atoms. The Morgan fingerprint density at radius 3 is 2.02 bits per heavy atom. The van der Waals surface area contributed by atoms with E-state index in [0.717, 1.165) is 12.2 Å². The summed E-state index contributed by atoms with van der Waals surface area (Å²) in [6, 6.07) is 60.0. The van der Waals surface area contributed by atoms with Crippen LogP contribution >= 0.6 is 0 Å². The Morgan fingerprint density at radius 2 is 1.22 bits per heavy atom. The molecule has 0 radical (unpaired) electrons. The van der Waals surface area contributed by atoms with E-state index in [1.54, 1.807) is 0 Å². The predicted molar refractivity (Wildman–Crippen MR) is 228 cm³/mol. The molecule has 0 saturated heterocycles. The fourth-order valence-electron chi connectivity index (χ4n) is 8.78. The van der Waals surface area contributed by atoms with Gasteiger partial charge in [0.15, 0.2) is 0 Å². The van der Waals surface area contributed by atoms with Gasteiger partial charge in [0.05, 0.1) is 22.8 Å². The predicted octanol–water partition coefficient (Wildman–Crippen LogP) is 11.6. The van der Waals surface area contributed by atoms with Gasteiger partial charge >= 0.3 is 0 Å². The van der Waals surface area contributed by atoms with Gasteiger partial charge in [-0.25, -0.2) is 0 Å². The normalized spacial score (nSPS) is 17.0. The number of hydrogen-bond acceptors (Lipinski definition) is 3. The molecule has 0 amide bonds. The van der Waals surface area contributed by atoms with Crippen LogP contribution in [0.25, 0.3) is 72.1 Å². The van der Waals surface area contributed by atoms with E-state index >= 15 is 0 Å². The average Bonchev–Trinajstić information content (AvgIpc) is 3.54. The summed E-state index contributed by atoms with van der Waals surface area (Å²) >= 11 is 0. The number of allylic oxidation sites excluding steroid dienone is 2. The fraction of sp³-hybridized carbons (Fsp3) is 0.0588. The van der Waals surface area contributed by atoms with Crippen LogP contribution in [0.1, 0.15) is 34.5 Å². The maximum Gasteiger partial charge on any atom is 0.104 e. The van der Waals surface area contributed by atoms with Gasteiger partial charge in [-0.1, -0.05) is 158 Å². The van der Waals surface area contributed by atoms with E-state index in [0.29, 0.717) is 0 Å². The summed E-state index contributed by atoms with van der Waals surface area (Å²) in [6.07, 6.45) is 8.72. The minimum atomic E-state index is -0.0349. The molecule has 7 aromatic carbocycles. The van der Waals surface area contributed by atoms with Gasteiger partial charge in [-0.15, -0.1) is 0 Å². The topological polar surface area (TPSA) is 41.0 Å². The maximum atomic E-state index is 3.88. The number of aromatic nitrogens is 1. The van der Waals surface area contributed by atoms with Gasteiger partial charge in [0.25, 0.3) is 0 Å². The minimum absolute atomic E-state index is 0.0238. The highest BCUT2D eigenvalue weighted by atomic mass is 15.2. The first-order valence-corrected chi connectivity index (χ1v) is 19.1. The van der Waals surface area contributed by atoms with Crippen molar-refractivity contribution in [2.75, 3.05) is 6.54 Å². The average molecular weight is 707 g/mol. The van der Waals surface area contributed by atoms with Gasteiger partial charge in [0.2, 0.25) is 0 Å². The molecule has 0 fully saturated rings. The first-order chi connectivity index (χ1) is 27.3. The first kappa shape index (κ1) is 31.6. The molecule has 55 heavy (non-hydrogen) atoms. The van der Waals surface area contributed by atoms with E-state index in [2.05, 4.69) is 209 Å². The minimum Gasteiger partial charge on any atom is -0.387 e. The summed E-state index contributed by atoms with van der Waals surface area (Å²) in [5.74, 6) is 0. The summed E-state index contributed by atoms with van der Waals surface area (Å²) in [5.41, 5.74) is 18.3. The van der Waals surface area contributed by atoms with Gasteiger partial charge in [-0.3, -0.25) is 5.32 Å². The van der Waals surface area contributed by atoms with Crippen molar-refractivity contribution in [3.63, 3.8) is 0 Å². The molecule has 0 saturated carbocycles. The molecule has 11 rings (SSSR count). The lowest BCUT2D eigenvalue weighted by molar-refractivity contribution is 0.442. The van der Waals surface area contributed by atoms with Crippen LogP contribution in [-0.4, -0.2) is 11.1 Å². The number of rotatable bonds is 5. The molecule has 2 atom stereocenters. The molecular formula is C51H38N4. The second-order valence-electron chi connectivity index (χ2n) is 14.7. The molecule has 4 heterocycles. The van der Waals surface area contributed by atoms with Gasteiger partial charge in [0, 0.05) is 40.3 Å². The highest BCUT2D eigenvalue weighted by molar-refractivity contribution is 6.17. The summed E-state index contributed by atoms with van der Waals surface area (Å²) < 4.78 is 2.48. The van der Waals surface area contributed by atoms with Crippen LogP contribution in [0.5, 0.6) is 0 Å². The first-order valence-electron chi connectivity index (χ1n) is 19.1. The van der Waals surface area contributed by atoms with E-state index in [9.17, 15) is 0 Å². The summed E-state index contributed by atoms with van der Waals surface area (Å²) in [4.78, 5) is 0. The van der Waals surface area contributed by atoms with Crippen LogP contribution in [0, 0.1) is 0 Å². The summed E-state index contributed by atoms with van der Waals surface area (Å²) in [5, 5.41) is 13.5. The zero-order chi connectivity index (χ0) is 36.3. The van der Waals surface area contributed by atoms with E-state index in [1.807, 2.05) is 0 Å². The smallest absolute Gasteiger partial charge is 0.104 e. The monoisotopic (exact) mass is 706 g/mol. The van der Waals surface area contributed by atoms with E-state index in [4.69, 9.17) is 0 Å². The van der Waals surface area contributed by atoms with Crippen molar-refractivity contribution < 1.29 is 0 Å². The standard InChI is InChI=1S/C51H38N4/c1-2-10-37(11-3-1)51-53-46(31-47(54-51)36-25-21-34(22-26-36)39-12-9-29-52-32-39)35-23-19-33(20-24-35)38-27-28-49-45(30-38)44-17-8-16-43-41-14-5-4-13-40(41)42-15-6-7-18-48(42)55(49)50(43)44/h1-28,30-32,46,51-54H,29H2. The van der Waals surface area contributed by atoms with E-state index in [1.165, 1.54) is 88.7 Å². The fourth-order valence-corrected chi connectivity index (χ4v) is 8.78. The van der Waals surface area contributed by atoms with Gasteiger partial charge in [-0.05, 0) is 74.4 Å². The molecular weight excluding hydrogens is 669 g/mol. The van der Waals surface area contributed by atoms with Crippen molar-refractivity contribution in [3.05, 3.63) is 210 Å². The largest absolute Gasteiger partial charge is 0.387 e. The molecule has 0 aliphatic carbocycles. The number of hydrogen-bond donors (Lipinski definition) is 3. The molecule has 262 valence electrons. The van der Waals surface area contributed by atoms with Crippen molar-refractivity contribution in [2.45, 2.75) is 12.2 Å². The highest BCUT2D eigenvalue weighted by Crippen LogP contribution is 2.47. The zero-order valence-electron chi connectivity index (χ0n) is 30.2. The number of dihydropyridines is 1. The highest BCUT2D eigenvalue weighted by Gasteiger charge is 2.26. The zero-order valence-corrected chi connectivity index (χ0v) is 30.2. The second-order valence-corrected chi connectivity index (χ2v) is 14.7. The Kier molecular flexibility index (Phi) is 7.42.